The van der Waals surface area contributed by atoms with Gasteiger partial charge in [0.1, 0.15) is 0 Å². The van der Waals surface area contributed by atoms with E-state index in [0.717, 1.165) is 18.6 Å². The van der Waals surface area contributed by atoms with Gasteiger partial charge in [-0.1, -0.05) is 45.4 Å². The topological polar surface area (TPSA) is 36.9 Å². The van der Waals surface area contributed by atoms with E-state index in [1.165, 1.54) is 38.5 Å². The highest BCUT2D eigenvalue weighted by atomic mass is 16.7. The fourth-order valence-corrected chi connectivity index (χ4v) is 2.10. The van der Waals surface area contributed by atoms with Crippen molar-refractivity contribution in [1.82, 2.24) is 0 Å². The first-order valence-corrected chi connectivity index (χ1v) is 8.40. The van der Waals surface area contributed by atoms with Gasteiger partial charge in [-0.3, -0.25) is 0 Å². The van der Waals surface area contributed by atoms with E-state index in [4.69, 9.17) is 18.9 Å². The summed E-state index contributed by atoms with van der Waals surface area (Å²) in [6.07, 6.45) is 9.82. The third-order valence-corrected chi connectivity index (χ3v) is 3.14. The average Bonchev–Trinajstić information content (AvgIpc) is 2.49. The molecule has 0 aromatic rings. The Morgan fingerprint density at radius 2 is 1.33 bits per heavy atom. The number of rotatable bonds is 15. The Balaban J connectivity index is 4.16. The van der Waals surface area contributed by atoms with Crippen molar-refractivity contribution in [2.24, 2.45) is 0 Å². The van der Waals surface area contributed by atoms with Gasteiger partial charge in [0.05, 0.1) is 13.2 Å². The highest BCUT2D eigenvalue weighted by Gasteiger charge is 2.11. The molecule has 4 nitrogen and oxygen atoms in total. The molecule has 0 aromatic carbocycles. The zero-order chi connectivity index (χ0) is 15.8. The molecule has 0 bridgehead atoms. The quantitative estimate of drug-likeness (QED) is 0.242. The van der Waals surface area contributed by atoms with Crippen molar-refractivity contribution in [3.63, 3.8) is 0 Å². The number of ether oxygens (including phenoxy) is 4. The molecule has 0 heterocycles. The van der Waals surface area contributed by atoms with E-state index in [-0.39, 0.29) is 6.79 Å². The SMILES string of the molecule is CCCCCCCCCC(OCC)=C(OCC)OCOC. The number of unbranched alkanes of at least 4 members (excludes halogenated alkanes) is 6. The first-order valence-electron chi connectivity index (χ1n) is 8.40. The lowest BCUT2D eigenvalue weighted by molar-refractivity contribution is -0.0663. The van der Waals surface area contributed by atoms with Crippen LogP contribution in [0.5, 0.6) is 0 Å². The molecule has 0 amide bonds. The summed E-state index contributed by atoms with van der Waals surface area (Å²) in [5, 5.41) is 0. The molecule has 4 heteroatoms. The first kappa shape index (κ1) is 20.1. The molecule has 126 valence electrons. The van der Waals surface area contributed by atoms with Crippen LogP contribution < -0.4 is 0 Å². The predicted molar refractivity (Wildman–Crippen MR) is 85.8 cm³/mol. The van der Waals surface area contributed by atoms with E-state index in [2.05, 4.69) is 6.92 Å². The van der Waals surface area contributed by atoms with Crippen LogP contribution in [-0.4, -0.2) is 27.1 Å². The highest BCUT2D eigenvalue weighted by Crippen LogP contribution is 2.18. The van der Waals surface area contributed by atoms with Crippen molar-refractivity contribution in [2.75, 3.05) is 27.1 Å². The van der Waals surface area contributed by atoms with E-state index in [1.54, 1.807) is 7.11 Å². The molecule has 0 saturated heterocycles. The van der Waals surface area contributed by atoms with E-state index >= 15 is 0 Å². The van der Waals surface area contributed by atoms with Crippen molar-refractivity contribution >= 4 is 0 Å². The Morgan fingerprint density at radius 1 is 0.714 bits per heavy atom. The molecule has 0 aliphatic heterocycles. The van der Waals surface area contributed by atoms with Gasteiger partial charge in [0, 0.05) is 13.5 Å². The van der Waals surface area contributed by atoms with E-state index in [9.17, 15) is 0 Å². The zero-order valence-electron chi connectivity index (χ0n) is 14.4. The van der Waals surface area contributed by atoms with Crippen LogP contribution in [0.15, 0.2) is 11.7 Å². The molecule has 0 atom stereocenters. The van der Waals surface area contributed by atoms with Crippen LogP contribution >= 0.6 is 0 Å². The summed E-state index contributed by atoms with van der Waals surface area (Å²) in [6, 6.07) is 0. The Hall–Kier alpha value is -0.900. The molecule has 21 heavy (non-hydrogen) atoms. The van der Waals surface area contributed by atoms with Gasteiger partial charge in [0.25, 0.3) is 0 Å². The second-order valence-electron chi connectivity index (χ2n) is 5.00. The molecule has 0 spiro atoms. The van der Waals surface area contributed by atoms with Crippen LogP contribution in [0.1, 0.15) is 72.1 Å². The molecular formula is C17H34O4. The number of methoxy groups -OCH3 is 1. The zero-order valence-corrected chi connectivity index (χ0v) is 14.4. The number of hydrogen-bond donors (Lipinski definition) is 0. The van der Waals surface area contributed by atoms with Gasteiger partial charge in [0.2, 0.25) is 0 Å². The number of hydrogen-bond acceptors (Lipinski definition) is 4. The summed E-state index contributed by atoms with van der Waals surface area (Å²) in [6.45, 7) is 7.53. The summed E-state index contributed by atoms with van der Waals surface area (Å²) in [4.78, 5) is 0. The summed E-state index contributed by atoms with van der Waals surface area (Å²) >= 11 is 0. The van der Waals surface area contributed by atoms with Crippen molar-refractivity contribution in [3.05, 3.63) is 11.7 Å². The molecule has 0 unspecified atom stereocenters. The lowest BCUT2D eigenvalue weighted by atomic mass is 10.1. The fourth-order valence-electron chi connectivity index (χ4n) is 2.10. The Kier molecular flexibility index (Phi) is 14.8. The third kappa shape index (κ3) is 11.4. The summed E-state index contributed by atoms with van der Waals surface area (Å²) in [7, 11) is 1.60. The fraction of sp³-hybridized carbons (Fsp3) is 0.882. The first-order chi connectivity index (χ1) is 10.3. The van der Waals surface area contributed by atoms with Crippen LogP contribution in [0.4, 0.5) is 0 Å². The van der Waals surface area contributed by atoms with Crippen molar-refractivity contribution in [1.29, 1.82) is 0 Å². The number of allylic oxidation sites excluding steroid dienone is 1. The molecule has 0 aliphatic rings. The Labute approximate surface area is 130 Å². The standard InChI is InChI=1S/C17H34O4/c1-5-8-9-10-11-12-13-14-16(19-6-2)17(20-7-3)21-15-18-4/h5-15H2,1-4H3. The molecule has 0 rings (SSSR count). The van der Waals surface area contributed by atoms with Crippen molar-refractivity contribution in [3.8, 4) is 0 Å². The van der Waals surface area contributed by atoms with Gasteiger partial charge in [-0.2, -0.15) is 0 Å². The predicted octanol–water partition coefficient (Wildman–Crippen LogP) is 4.99. The van der Waals surface area contributed by atoms with E-state index < -0.39 is 0 Å². The van der Waals surface area contributed by atoms with Crippen LogP contribution in [0, 0.1) is 0 Å². The van der Waals surface area contributed by atoms with Gasteiger partial charge in [-0.15, -0.1) is 0 Å². The molecule has 0 aliphatic carbocycles. The average molecular weight is 302 g/mol. The molecule has 0 N–H and O–H groups in total. The van der Waals surface area contributed by atoms with Crippen LogP contribution in [0.2, 0.25) is 0 Å². The lowest BCUT2D eigenvalue weighted by Crippen LogP contribution is -2.07. The van der Waals surface area contributed by atoms with Gasteiger partial charge >= 0.3 is 5.95 Å². The van der Waals surface area contributed by atoms with Crippen molar-refractivity contribution in [2.45, 2.75) is 72.1 Å². The van der Waals surface area contributed by atoms with Crippen molar-refractivity contribution < 1.29 is 18.9 Å². The largest absolute Gasteiger partial charge is 0.491 e. The van der Waals surface area contributed by atoms with E-state index in [0.29, 0.717) is 19.2 Å². The lowest BCUT2D eigenvalue weighted by Gasteiger charge is -2.16. The highest BCUT2D eigenvalue weighted by molar-refractivity contribution is 4.95. The second kappa shape index (κ2) is 15.5. The van der Waals surface area contributed by atoms with Gasteiger partial charge < -0.3 is 18.9 Å². The minimum absolute atomic E-state index is 0.183. The summed E-state index contributed by atoms with van der Waals surface area (Å²) < 4.78 is 21.6. The van der Waals surface area contributed by atoms with Gasteiger partial charge in [-0.25, -0.2) is 0 Å². The van der Waals surface area contributed by atoms with Gasteiger partial charge in [0.15, 0.2) is 12.6 Å². The molecule has 0 saturated carbocycles. The van der Waals surface area contributed by atoms with Crippen LogP contribution in [0.3, 0.4) is 0 Å². The Morgan fingerprint density at radius 3 is 1.90 bits per heavy atom. The normalized spacial score (nSPS) is 12.0. The maximum Gasteiger partial charge on any atom is 0.321 e. The molecule has 0 fully saturated rings. The van der Waals surface area contributed by atoms with Crippen LogP contribution in [0.25, 0.3) is 0 Å². The van der Waals surface area contributed by atoms with Gasteiger partial charge in [-0.05, 0) is 20.3 Å². The maximum absolute atomic E-state index is 5.67. The second-order valence-corrected chi connectivity index (χ2v) is 5.00. The minimum atomic E-state index is 0.183. The minimum Gasteiger partial charge on any atom is -0.491 e. The Bertz CT molecular complexity index is 251. The summed E-state index contributed by atoms with van der Waals surface area (Å²) in [5.41, 5.74) is 0. The molecule has 0 radical (unpaired) electrons. The third-order valence-electron chi connectivity index (χ3n) is 3.14. The van der Waals surface area contributed by atoms with Crippen LogP contribution in [-0.2, 0) is 18.9 Å². The molecule has 0 aromatic heterocycles. The maximum atomic E-state index is 5.67. The monoisotopic (exact) mass is 302 g/mol. The molecular weight excluding hydrogens is 268 g/mol. The summed E-state index contributed by atoms with van der Waals surface area (Å²) in [5.74, 6) is 1.29. The van der Waals surface area contributed by atoms with E-state index in [1.807, 2.05) is 13.8 Å². The smallest absolute Gasteiger partial charge is 0.321 e.